The first kappa shape index (κ1) is 13.9. The summed E-state index contributed by atoms with van der Waals surface area (Å²) in [6.45, 7) is 3.18. The second kappa shape index (κ2) is 5.35. The maximum absolute atomic E-state index is 6.16. The van der Waals surface area contributed by atoms with Crippen LogP contribution in [0.4, 0.5) is 5.69 Å². The van der Waals surface area contributed by atoms with Crippen LogP contribution in [0.1, 0.15) is 29.0 Å². The van der Waals surface area contributed by atoms with Gasteiger partial charge in [-0.3, -0.25) is 0 Å². The number of rotatable bonds is 2. The average molecular weight is 323 g/mol. The van der Waals surface area contributed by atoms with E-state index in [9.17, 15) is 0 Å². The Morgan fingerprint density at radius 2 is 2.25 bits per heavy atom. The Bertz CT molecular complexity index is 666. The smallest absolute Gasteiger partial charge is 0.106 e. The summed E-state index contributed by atoms with van der Waals surface area (Å²) in [6.07, 6.45) is 1.06. The van der Waals surface area contributed by atoms with Gasteiger partial charge in [0.15, 0.2) is 0 Å². The quantitative estimate of drug-likeness (QED) is 0.842. The predicted octanol–water partition coefficient (Wildman–Crippen LogP) is 4.16. The maximum atomic E-state index is 6.16. The molecule has 20 heavy (non-hydrogen) atoms. The SMILES string of the molecule is CC1c2ccsc2CCN1c1cc(Cl)ccc1C(N)=S. The van der Waals surface area contributed by atoms with Crippen LogP contribution in [0.3, 0.4) is 0 Å². The van der Waals surface area contributed by atoms with E-state index in [-0.39, 0.29) is 0 Å². The van der Waals surface area contributed by atoms with Gasteiger partial charge in [0.1, 0.15) is 4.99 Å². The number of nitrogens with two attached hydrogens (primary N) is 1. The lowest BCUT2D eigenvalue weighted by atomic mass is 9.99. The van der Waals surface area contributed by atoms with Crippen molar-refractivity contribution in [3.63, 3.8) is 0 Å². The van der Waals surface area contributed by atoms with Gasteiger partial charge in [-0.05, 0) is 48.6 Å². The number of anilines is 1. The van der Waals surface area contributed by atoms with Crippen LogP contribution in [0.25, 0.3) is 0 Å². The second-order valence-corrected chi connectivity index (χ2v) is 6.82. The topological polar surface area (TPSA) is 29.3 Å². The lowest BCUT2D eigenvalue weighted by molar-refractivity contribution is 0.632. The van der Waals surface area contributed by atoms with Crippen LogP contribution >= 0.6 is 35.2 Å². The molecule has 0 saturated carbocycles. The normalized spacial score (nSPS) is 17.9. The molecule has 1 atom stereocenters. The molecule has 104 valence electrons. The van der Waals surface area contributed by atoms with Gasteiger partial charge in [0.2, 0.25) is 0 Å². The van der Waals surface area contributed by atoms with Gasteiger partial charge in [0.25, 0.3) is 0 Å². The maximum Gasteiger partial charge on any atom is 0.106 e. The van der Waals surface area contributed by atoms with E-state index in [1.807, 2.05) is 29.5 Å². The molecule has 0 aliphatic carbocycles. The van der Waals surface area contributed by atoms with Crippen molar-refractivity contribution in [2.24, 2.45) is 5.73 Å². The molecule has 2 nitrogen and oxygen atoms in total. The van der Waals surface area contributed by atoms with Gasteiger partial charge in [-0.15, -0.1) is 11.3 Å². The molecule has 0 bridgehead atoms. The van der Waals surface area contributed by atoms with E-state index in [1.54, 1.807) is 0 Å². The second-order valence-electron chi connectivity index (χ2n) is 4.94. The molecule has 0 fully saturated rings. The summed E-state index contributed by atoms with van der Waals surface area (Å²) in [4.78, 5) is 4.24. The molecule has 2 N–H and O–H groups in total. The molecule has 2 heterocycles. The molecule has 1 aliphatic rings. The Hall–Kier alpha value is -1.10. The van der Waals surface area contributed by atoms with Crippen molar-refractivity contribution in [1.82, 2.24) is 0 Å². The van der Waals surface area contributed by atoms with E-state index < -0.39 is 0 Å². The molecule has 1 aromatic carbocycles. The highest BCUT2D eigenvalue weighted by atomic mass is 35.5. The molecule has 1 aliphatic heterocycles. The zero-order valence-corrected chi connectivity index (χ0v) is 13.5. The summed E-state index contributed by atoms with van der Waals surface area (Å²) >= 11 is 13.2. The van der Waals surface area contributed by atoms with Crippen LogP contribution in [0.5, 0.6) is 0 Å². The zero-order chi connectivity index (χ0) is 14.3. The first-order valence-corrected chi connectivity index (χ1v) is 8.17. The van der Waals surface area contributed by atoms with Crippen molar-refractivity contribution in [3.8, 4) is 0 Å². The van der Waals surface area contributed by atoms with Gasteiger partial charge in [-0.2, -0.15) is 0 Å². The average Bonchev–Trinajstić information content (AvgIpc) is 2.88. The predicted molar refractivity (Wildman–Crippen MR) is 91.1 cm³/mol. The van der Waals surface area contributed by atoms with Crippen molar-refractivity contribution in [3.05, 3.63) is 50.7 Å². The fourth-order valence-corrected chi connectivity index (χ4v) is 4.09. The number of thiophene rings is 1. The molecule has 0 amide bonds. The Morgan fingerprint density at radius 1 is 1.45 bits per heavy atom. The lowest BCUT2D eigenvalue weighted by Gasteiger charge is -2.36. The minimum atomic E-state index is 0.316. The Labute approximate surface area is 133 Å². The Morgan fingerprint density at radius 3 is 3.00 bits per heavy atom. The van der Waals surface area contributed by atoms with Crippen molar-refractivity contribution >= 4 is 45.8 Å². The zero-order valence-electron chi connectivity index (χ0n) is 11.1. The summed E-state index contributed by atoms with van der Waals surface area (Å²) in [5.41, 5.74) is 9.19. The van der Waals surface area contributed by atoms with E-state index in [4.69, 9.17) is 29.6 Å². The minimum absolute atomic E-state index is 0.316. The number of fused-ring (bicyclic) bond motifs is 1. The van der Waals surface area contributed by atoms with E-state index in [0.29, 0.717) is 16.1 Å². The minimum Gasteiger partial charge on any atom is -0.389 e. The number of hydrogen-bond donors (Lipinski definition) is 1. The molecule has 5 heteroatoms. The third kappa shape index (κ3) is 2.32. The summed E-state index contributed by atoms with van der Waals surface area (Å²) in [5.74, 6) is 0. The van der Waals surface area contributed by atoms with E-state index >= 15 is 0 Å². The number of nitrogens with zero attached hydrogens (tertiary/aromatic N) is 1. The molecular formula is C15H15ClN2S2. The molecular weight excluding hydrogens is 308 g/mol. The molecule has 3 rings (SSSR count). The van der Waals surface area contributed by atoms with E-state index in [0.717, 1.165) is 24.2 Å². The Balaban J connectivity index is 2.06. The van der Waals surface area contributed by atoms with Crippen LogP contribution in [0.2, 0.25) is 5.02 Å². The molecule has 0 spiro atoms. The monoisotopic (exact) mass is 322 g/mol. The standard InChI is InChI=1S/C15H15ClN2S2/c1-9-11-5-7-20-14(11)4-6-18(9)13-8-10(16)2-3-12(13)15(17)19/h2-3,5,7-9H,4,6H2,1H3,(H2,17,19). The van der Waals surface area contributed by atoms with Gasteiger partial charge in [0, 0.05) is 27.7 Å². The molecule has 1 unspecified atom stereocenters. The first-order chi connectivity index (χ1) is 9.58. The van der Waals surface area contributed by atoms with Crippen LogP contribution in [-0.4, -0.2) is 11.5 Å². The fourth-order valence-electron chi connectivity index (χ4n) is 2.79. The van der Waals surface area contributed by atoms with Crippen LogP contribution in [0, 0.1) is 0 Å². The highest BCUT2D eigenvalue weighted by Crippen LogP contribution is 2.38. The summed E-state index contributed by atoms with van der Waals surface area (Å²) in [7, 11) is 0. The third-order valence-electron chi connectivity index (χ3n) is 3.81. The molecule has 1 aromatic heterocycles. The summed E-state index contributed by atoms with van der Waals surface area (Å²) in [5, 5.41) is 2.88. The summed E-state index contributed by atoms with van der Waals surface area (Å²) < 4.78 is 0. The van der Waals surface area contributed by atoms with Gasteiger partial charge in [0.05, 0.1) is 6.04 Å². The van der Waals surface area contributed by atoms with Crippen molar-refractivity contribution in [2.45, 2.75) is 19.4 Å². The van der Waals surface area contributed by atoms with Gasteiger partial charge < -0.3 is 10.6 Å². The number of thiocarbonyl (C=S) groups is 1. The van der Waals surface area contributed by atoms with E-state index in [1.165, 1.54) is 10.4 Å². The van der Waals surface area contributed by atoms with E-state index in [2.05, 4.69) is 23.3 Å². The highest BCUT2D eigenvalue weighted by Gasteiger charge is 2.26. The molecule has 0 saturated heterocycles. The van der Waals surface area contributed by atoms with Crippen molar-refractivity contribution < 1.29 is 0 Å². The third-order valence-corrected chi connectivity index (χ3v) is 5.26. The van der Waals surface area contributed by atoms with Gasteiger partial charge in [-0.1, -0.05) is 23.8 Å². The first-order valence-electron chi connectivity index (χ1n) is 6.50. The number of hydrogen-bond acceptors (Lipinski definition) is 3. The van der Waals surface area contributed by atoms with Crippen LogP contribution in [-0.2, 0) is 6.42 Å². The van der Waals surface area contributed by atoms with Crippen LogP contribution in [0.15, 0.2) is 29.6 Å². The van der Waals surface area contributed by atoms with Crippen LogP contribution < -0.4 is 10.6 Å². The molecule has 2 aromatic rings. The van der Waals surface area contributed by atoms with Gasteiger partial charge in [-0.25, -0.2) is 0 Å². The summed E-state index contributed by atoms with van der Waals surface area (Å²) in [6, 6.07) is 8.24. The fraction of sp³-hybridized carbons (Fsp3) is 0.267. The number of halogens is 1. The van der Waals surface area contributed by atoms with Crippen molar-refractivity contribution in [2.75, 3.05) is 11.4 Å². The molecule has 0 radical (unpaired) electrons. The lowest BCUT2D eigenvalue weighted by Crippen LogP contribution is -2.34. The largest absolute Gasteiger partial charge is 0.389 e. The van der Waals surface area contributed by atoms with Gasteiger partial charge >= 0.3 is 0 Å². The Kier molecular flexibility index (Phi) is 3.71. The number of benzene rings is 1. The van der Waals surface area contributed by atoms with Crippen molar-refractivity contribution in [1.29, 1.82) is 0 Å². The highest BCUT2D eigenvalue weighted by molar-refractivity contribution is 7.80.